The van der Waals surface area contributed by atoms with Gasteiger partial charge in [-0.2, -0.15) is 0 Å². The van der Waals surface area contributed by atoms with Gasteiger partial charge in [-0.1, -0.05) is 60.3 Å². The average molecular weight is 503 g/mol. The van der Waals surface area contributed by atoms with Crippen LogP contribution in [-0.4, -0.2) is 38.8 Å². The standard InChI is InChI=1S/C26H22N4O3S2/c1-2-33-25(32)23-19(17-8-4-3-5-9-17)16-35-24(23)27-22(31)14-15-34-26-29-28-21-13-12-18-10-6-7-11-20(18)30(21)26/h3-13,16H,2,14-15H2,1H3,(H,27,31). The molecule has 35 heavy (non-hydrogen) atoms. The first-order valence-electron chi connectivity index (χ1n) is 11.1. The molecule has 0 aliphatic carbocycles. The molecule has 3 heterocycles. The van der Waals surface area contributed by atoms with Gasteiger partial charge in [-0.15, -0.1) is 21.5 Å². The van der Waals surface area contributed by atoms with Gasteiger partial charge in [0.1, 0.15) is 10.6 Å². The van der Waals surface area contributed by atoms with Crippen LogP contribution in [0.1, 0.15) is 23.7 Å². The Bertz CT molecular complexity index is 1510. The minimum Gasteiger partial charge on any atom is -0.462 e. The van der Waals surface area contributed by atoms with Gasteiger partial charge in [-0.05, 0) is 36.1 Å². The summed E-state index contributed by atoms with van der Waals surface area (Å²) in [6.45, 7) is 2.02. The number of carbonyl (C=O) groups excluding carboxylic acids is 2. The van der Waals surface area contributed by atoms with E-state index in [0.717, 1.165) is 32.8 Å². The molecule has 5 aromatic rings. The quantitative estimate of drug-likeness (QED) is 0.210. The summed E-state index contributed by atoms with van der Waals surface area (Å²) in [5.41, 5.74) is 3.82. The van der Waals surface area contributed by atoms with Crippen LogP contribution in [0.15, 0.2) is 77.3 Å². The average Bonchev–Trinajstić information content (AvgIpc) is 3.49. The van der Waals surface area contributed by atoms with Crippen molar-refractivity contribution in [1.29, 1.82) is 0 Å². The lowest BCUT2D eigenvalue weighted by Crippen LogP contribution is -2.15. The molecular weight excluding hydrogens is 480 g/mol. The van der Waals surface area contributed by atoms with Gasteiger partial charge in [0, 0.05) is 23.1 Å². The third-order valence-corrected chi connectivity index (χ3v) is 7.24. The molecule has 0 radical (unpaired) electrons. The predicted octanol–water partition coefficient (Wildman–Crippen LogP) is 5.91. The van der Waals surface area contributed by atoms with Crippen molar-refractivity contribution in [2.75, 3.05) is 17.7 Å². The number of amides is 1. The van der Waals surface area contributed by atoms with E-state index in [4.69, 9.17) is 4.74 Å². The van der Waals surface area contributed by atoms with E-state index in [2.05, 4.69) is 15.5 Å². The number of hydrogen-bond donors (Lipinski definition) is 1. The number of nitrogens with zero attached hydrogens (tertiary/aromatic N) is 3. The molecule has 0 fully saturated rings. The summed E-state index contributed by atoms with van der Waals surface area (Å²) in [5, 5.41) is 15.7. The van der Waals surface area contributed by atoms with Crippen LogP contribution in [0.4, 0.5) is 5.00 Å². The van der Waals surface area contributed by atoms with Crippen LogP contribution in [0.25, 0.3) is 27.7 Å². The first kappa shape index (κ1) is 23.1. The van der Waals surface area contributed by atoms with Crippen LogP contribution < -0.4 is 5.32 Å². The van der Waals surface area contributed by atoms with Gasteiger partial charge in [-0.25, -0.2) is 4.79 Å². The largest absolute Gasteiger partial charge is 0.462 e. The van der Waals surface area contributed by atoms with E-state index in [9.17, 15) is 9.59 Å². The van der Waals surface area contributed by atoms with Crippen LogP contribution in [0.5, 0.6) is 0 Å². The van der Waals surface area contributed by atoms with E-state index in [1.165, 1.54) is 23.1 Å². The summed E-state index contributed by atoms with van der Waals surface area (Å²) >= 11 is 2.79. The second-order valence-corrected chi connectivity index (χ2v) is 9.60. The fraction of sp³-hybridized carbons (Fsp3) is 0.154. The zero-order chi connectivity index (χ0) is 24.2. The molecule has 7 nitrogen and oxygen atoms in total. The van der Waals surface area contributed by atoms with Crippen molar-refractivity contribution in [2.45, 2.75) is 18.5 Å². The zero-order valence-corrected chi connectivity index (χ0v) is 20.6. The maximum atomic E-state index is 12.8. The first-order valence-corrected chi connectivity index (χ1v) is 13.0. The van der Waals surface area contributed by atoms with Gasteiger partial charge in [0.05, 0.1) is 12.1 Å². The number of rotatable bonds is 8. The van der Waals surface area contributed by atoms with E-state index >= 15 is 0 Å². The van der Waals surface area contributed by atoms with Crippen LogP contribution in [0.3, 0.4) is 0 Å². The number of aromatic nitrogens is 3. The van der Waals surface area contributed by atoms with Crippen LogP contribution in [-0.2, 0) is 9.53 Å². The number of carbonyl (C=O) groups is 2. The SMILES string of the molecule is CCOC(=O)c1c(-c2ccccc2)csc1NC(=O)CCSc1nnc2ccc3ccccc3n12. The maximum absolute atomic E-state index is 12.8. The Kier molecular flexibility index (Phi) is 6.78. The molecule has 0 bridgehead atoms. The Morgan fingerprint density at radius 3 is 2.66 bits per heavy atom. The molecule has 0 saturated carbocycles. The van der Waals surface area contributed by atoms with Crippen molar-refractivity contribution in [3.63, 3.8) is 0 Å². The highest BCUT2D eigenvalue weighted by molar-refractivity contribution is 7.99. The van der Waals surface area contributed by atoms with Crippen LogP contribution >= 0.6 is 23.1 Å². The number of thioether (sulfide) groups is 1. The summed E-state index contributed by atoms with van der Waals surface area (Å²) in [5.74, 6) is -0.108. The van der Waals surface area contributed by atoms with Crippen molar-refractivity contribution >= 4 is 56.5 Å². The van der Waals surface area contributed by atoms with Crippen molar-refractivity contribution in [1.82, 2.24) is 14.6 Å². The Balaban J connectivity index is 1.30. The monoisotopic (exact) mass is 502 g/mol. The van der Waals surface area contributed by atoms with Gasteiger partial charge >= 0.3 is 5.97 Å². The van der Waals surface area contributed by atoms with Crippen molar-refractivity contribution in [3.8, 4) is 11.1 Å². The smallest absolute Gasteiger partial charge is 0.341 e. The molecule has 0 saturated heterocycles. The predicted molar refractivity (Wildman–Crippen MR) is 140 cm³/mol. The van der Waals surface area contributed by atoms with Crippen molar-refractivity contribution in [3.05, 3.63) is 77.7 Å². The molecule has 176 valence electrons. The number of anilines is 1. The molecule has 1 amide bonds. The number of pyridine rings is 1. The molecule has 0 atom stereocenters. The lowest BCUT2D eigenvalue weighted by Gasteiger charge is -2.09. The number of hydrogen-bond acceptors (Lipinski definition) is 7. The van der Waals surface area contributed by atoms with Gasteiger partial charge in [-0.3, -0.25) is 9.20 Å². The normalized spacial score (nSPS) is 11.1. The maximum Gasteiger partial charge on any atom is 0.341 e. The highest BCUT2D eigenvalue weighted by atomic mass is 32.2. The van der Waals surface area contributed by atoms with Crippen molar-refractivity contribution in [2.24, 2.45) is 0 Å². The summed E-state index contributed by atoms with van der Waals surface area (Å²) in [6.07, 6.45) is 0.255. The zero-order valence-electron chi connectivity index (χ0n) is 18.9. The summed E-state index contributed by atoms with van der Waals surface area (Å²) < 4.78 is 7.27. The van der Waals surface area contributed by atoms with Gasteiger partial charge in [0.15, 0.2) is 10.8 Å². The highest BCUT2D eigenvalue weighted by Crippen LogP contribution is 2.36. The Labute approximate surface area is 210 Å². The molecule has 0 unspecified atom stereocenters. The number of esters is 1. The fourth-order valence-electron chi connectivity index (χ4n) is 3.82. The van der Waals surface area contributed by atoms with Crippen LogP contribution in [0.2, 0.25) is 0 Å². The minimum absolute atomic E-state index is 0.178. The molecule has 2 aromatic carbocycles. The molecule has 0 aliphatic rings. The van der Waals surface area contributed by atoms with Gasteiger partial charge < -0.3 is 10.1 Å². The number of thiophene rings is 1. The molecule has 5 rings (SSSR count). The molecule has 0 spiro atoms. The minimum atomic E-state index is -0.445. The number of ether oxygens (including phenoxy) is 1. The fourth-order valence-corrected chi connectivity index (χ4v) is 5.68. The van der Waals surface area contributed by atoms with E-state index in [1.807, 2.05) is 76.5 Å². The third kappa shape index (κ3) is 4.78. The van der Waals surface area contributed by atoms with E-state index < -0.39 is 5.97 Å². The second-order valence-electron chi connectivity index (χ2n) is 7.65. The molecular formula is C26H22N4O3S2. The Hall–Kier alpha value is -3.69. The third-order valence-electron chi connectivity index (χ3n) is 5.42. The summed E-state index contributed by atoms with van der Waals surface area (Å²) in [4.78, 5) is 25.5. The summed E-state index contributed by atoms with van der Waals surface area (Å²) in [7, 11) is 0. The first-order chi connectivity index (χ1) is 17.2. The van der Waals surface area contributed by atoms with E-state index in [0.29, 0.717) is 16.3 Å². The number of fused-ring (bicyclic) bond motifs is 3. The van der Waals surface area contributed by atoms with Gasteiger partial charge in [0.2, 0.25) is 5.91 Å². The number of benzene rings is 2. The molecule has 9 heteroatoms. The topological polar surface area (TPSA) is 85.6 Å². The molecule has 0 aliphatic heterocycles. The van der Waals surface area contributed by atoms with E-state index in [1.54, 1.807) is 6.92 Å². The van der Waals surface area contributed by atoms with Crippen LogP contribution in [0, 0.1) is 0 Å². The molecule has 3 aromatic heterocycles. The van der Waals surface area contributed by atoms with E-state index in [-0.39, 0.29) is 18.9 Å². The molecule has 1 N–H and O–H groups in total. The second kappa shape index (κ2) is 10.3. The highest BCUT2D eigenvalue weighted by Gasteiger charge is 2.22. The number of nitrogens with one attached hydrogen (secondary N) is 1. The lowest BCUT2D eigenvalue weighted by molar-refractivity contribution is -0.115. The summed E-state index contributed by atoms with van der Waals surface area (Å²) in [6, 6.07) is 21.6. The Morgan fingerprint density at radius 1 is 1.03 bits per heavy atom. The van der Waals surface area contributed by atoms with Crippen molar-refractivity contribution < 1.29 is 14.3 Å². The lowest BCUT2D eigenvalue weighted by atomic mass is 10.0. The van der Waals surface area contributed by atoms with Gasteiger partial charge in [0.25, 0.3) is 0 Å². The Morgan fingerprint density at radius 2 is 1.83 bits per heavy atom. The number of para-hydroxylation sites is 1.